The van der Waals surface area contributed by atoms with E-state index in [9.17, 15) is 19.8 Å². The fraction of sp³-hybridized carbons (Fsp3) is 0.586. The molecule has 10 heteroatoms. The van der Waals surface area contributed by atoms with Gasteiger partial charge < -0.3 is 40.2 Å². The summed E-state index contributed by atoms with van der Waals surface area (Å²) in [5, 5.41) is 24.7. The Labute approximate surface area is 231 Å². The van der Waals surface area contributed by atoms with Crippen molar-refractivity contribution in [3.63, 3.8) is 0 Å². The number of ether oxygens (including phenoxy) is 4. The molecule has 0 radical (unpaired) electrons. The third-order valence-electron chi connectivity index (χ3n) is 7.12. The highest BCUT2D eigenvalue weighted by Crippen LogP contribution is 2.32. The number of fused-ring (bicyclic) bond motifs is 2. The first-order chi connectivity index (χ1) is 18.4. The molecule has 1 unspecified atom stereocenters. The fourth-order valence-electron chi connectivity index (χ4n) is 5.07. The zero-order valence-electron chi connectivity index (χ0n) is 24.0. The van der Waals surface area contributed by atoms with Gasteiger partial charge in [-0.05, 0) is 49.8 Å². The second kappa shape index (κ2) is 15.0. The van der Waals surface area contributed by atoms with Crippen LogP contribution in [0.1, 0.15) is 47.0 Å². The van der Waals surface area contributed by atoms with Gasteiger partial charge in [-0.2, -0.15) is 0 Å². The van der Waals surface area contributed by atoms with Gasteiger partial charge in [0.15, 0.2) is 6.10 Å². The molecule has 0 aromatic heterocycles. The minimum absolute atomic E-state index is 0.0565. The summed E-state index contributed by atoms with van der Waals surface area (Å²) in [6.07, 6.45) is 4.97. The first-order valence-corrected chi connectivity index (χ1v) is 13.1. The van der Waals surface area contributed by atoms with Crippen molar-refractivity contribution in [2.24, 2.45) is 17.6 Å². The fourth-order valence-corrected chi connectivity index (χ4v) is 5.07. The molecule has 0 saturated heterocycles. The maximum Gasteiger partial charge on any atom is 0.405 e. The Balaban J connectivity index is 2.53. The van der Waals surface area contributed by atoms with Crippen LogP contribution in [0, 0.1) is 11.8 Å². The minimum atomic E-state index is -0.985. The van der Waals surface area contributed by atoms with Crippen molar-refractivity contribution in [3.05, 3.63) is 58.6 Å². The molecule has 1 heterocycles. The Morgan fingerprint density at radius 1 is 1.10 bits per heavy atom. The number of allylic oxidation sites excluding steroid dienone is 3. The van der Waals surface area contributed by atoms with E-state index in [-0.39, 0.29) is 17.7 Å². The zero-order valence-corrected chi connectivity index (χ0v) is 24.0. The van der Waals surface area contributed by atoms with Crippen molar-refractivity contribution in [1.29, 1.82) is 0 Å². The molecule has 2 rings (SSSR count). The minimum Gasteiger partial charge on any atom is -0.498 e. The number of carbonyl (C=O) groups is 2. The topological polar surface area (TPSA) is 150 Å². The highest BCUT2D eigenvalue weighted by atomic mass is 16.6. The molecule has 0 spiro atoms. The summed E-state index contributed by atoms with van der Waals surface area (Å²) in [5.41, 5.74) is 7.85. The molecule has 0 fully saturated rings. The van der Waals surface area contributed by atoms with E-state index in [0.29, 0.717) is 41.9 Å². The first-order valence-electron chi connectivity index (χ1n) is 13.1. The van der Waals surface area contributed by atoms with Gasteiger partial charge in [-0.1, -0.05) is 38.2 Å². The number of aliphatic hydroxyl groups excluding tert-OH is 2. The van der Waals surface area contributed by atoms with Crippen molar-refractivity contribution < 1.29 is 38.7 Å². The smallest absolute Gasteiger partial charge is 0.405 e. The lowest BCUT2D eigenvalue weighted by molar-refractivity contribution is -0.116. The van der Waals surface area contributed by atoms with Gasteiger partial charge >= 0.3 is 6.09 Å². The summed E-state index contributed by atoms with van der Waals surface area (Å²) >= 11 is 0. The van der Waals surface area contributed by atoms with E-state index in [1.165, 1.54) is 14.2 Å². The maximum absolute atomic E-state index is 12.9. The third kappa shape index (κ3) is 9.06. The molecule has 10 nitrogen and oxygen atoms in total. The predicted octanol–water partition coefficient (Wildman–Crippen LogP) is 3.02. The lowest BCUT2D eigenvalue weighted by Crippen LogP contribution is -2.37. The normalized spacial score (nSPS) is 35.1. The number of hydrogen-bond acceptors (Lipinski definition) is 8. The average molecular weight is 549 g/mol. The van der Waals surface area contributed by atoms with E-state index < -0.39 is 36.6 Å². The second-order valence-corrected chi connectivity index (χ2v) is 10.3. The van der Waals surface area contributed by atoms with Crippen LogP contribution in [0.5, 0.6) is 0 Å². The third-order valence-corrected chi connectivity index (χ3v) is 7.12. The van der Waals surface area contributed by atoms with Gasteiger partial charge in [-0.25, -0.2) is 4.79 Å². The average Bonchev–Trinajstić information content (AvgIpc) is 2.87. The van der Waals surface area contributed by atoms with Crippen molar-refractivity contribution in [1.82, 2.24) is 5.32 Å². The molecule has 0 aromatic carbocycles. The molecule has 2 amide bonds. The molecule has 0 saturated carbocycles. The highest BCUT2D eigenvalue weighted by Gasteiger charge is 2.30. The second-order valence-electron chi connectivity index (χ2n) is 10.3. The van der Waals surface area contributed by atoms with Crippen LogP contribution >= 0.6 is 0 Å². The van der Waals surface area contributed by atoms with Gasteiger partial charge in [-0.3, -0.25) is 4.79 Å². The van der Waals surface area contributed by atoms with Gasteiger partial charge in [0, 0.05) is 37.8 Å². The molecule has 5 N–H and O–H groups in total. The Morgan fingerprint density at radius 3 is 2.38 bits per heavy atom. The molecular weight excluding hydrogens is 504 g/mol. The van der Waals surface area contributed by atoms with Crippen molar-refractivity contribution >= 4 is 12.0 Å². The summed E-state index contributed by atoms with van der Waals surface area (Å²) in [7, 11) is 4.54. The van der Waals surface area contributed by atoms with E-state index in [1.807, 2.05) is 19.9 Å². The Kier molecular flexibility index (Phi) is 12.4. The van der Waals surface area contributed by atoms with Crippen LogP contribution in [-0.4, -0.2) is 74.1 Å². The van der Waals surface area contributed by atoms with Gasteiger partial charge in [-0.15, -0.1) is 0 Å². The summed E-state index contributed by atoms with van der Waals surface area (Å²) in [6.45, 7) is 7.33. The predicted molar refractivity (Wildman–Crippen MR) is 147 cm³/mol. The van der Waals surface area contributed by atoms with E-state index in [2.05, 4.69) is 5.32 Å². The molecule has 39 heavy (non-hydrogen) atoms. The van der Waals surface area contributed by atoms with Crippen molar-refractivity contribution in [2.45, 2.75) is 77.5 Å². The monoisotopic (exact) mass is 548 g/mol. The van der Waals surface area contributed by atoms with E-state index in [0.717, 1.165) is 5.57 Å². The van der Waals surface area contributed by atoms with Crippen LogP contribution in [0.4, 0.5) is 4.79 Å². The number of rotatable bonds is 4. The summed E-state index contributed by atoms with van der Waals surface area (Å²) < 4.78 is 22.1. The molecule has 7 atom stereocenters. The summed E-state index contributed by atoms with van der Waals surface area (Å²) in [6, 6.07) is 0. The van der Waals surface area contributed by atoms with E-state index >= 15 is 0 Å². The van der Waals surface area contributed by atoms with Gasteiger partial charge in [0.05, 0.1) is 19.3 Å². The number of aliphatic hydroxyl groups is 2. The Hall–Kier alpha value is -2.92. The quantitative estimate of drug-likeness (QED) is 0.392. The lowest BCUT2D eigenvalue weighted by atomic mass is 9.85. The molecule has 1 aliphatic heterocycles. The van der Waals surface area contributed by atoms with Crippen LogP contribution in [0.15, 0.2) is 58.6 Å². The lowest BCUT2D eigenvalue weighted by Gasteiger charge is -2.30. The molecule has 0 aromatic rings. The summed E-state index contributed by atoms with van der Waals surface area (Å²) in [4.78, 5) is 24.6. The Bertz CT molecular complexity index is 1030. The van der Waals surface area contributed by atoms with Gasteiger partial charge in [0.25, 0.3) is 5.91 Å². The molecular formula is C29H44N2O8. The van der Waals surface area contributed by atoms with Gasteiger partial charge in [0.2, 0.25) is 0 Å². The van der Waals surface area contributed by atoms with Crippen molar-refractivity contribution in [2.75, 3.05) is 21.3 Å². The van der Waals surface area contributed by atoms with Crippen molar-refractivity contribution in [3.8, 4) is 0 Å². The van der Waals surface area contributed by atoms with Gasteiger partial charge in [0.1, 0.15) is 18.0 Å². The van der Waals surface area contributed by atoms with Crippen LogP contribution in [0.25, 0.3) is 0 Å². The number of amides is 2. The maximum atomic E-state index is 12.9. The first kappa shape index (κ1) is 32.3. The SMILES string of the molecule is COC1=C2CC(=CC1O)NC(=O)/C(C)=C/C=C\[C@H](OC)[C@@H](OC(N)=O)/C(C)=C/[C@H](C)[C@@H](O)[C@@H](OC)C[C@H](C)C2. The van der Waals surface area contributed by atoms with Crippen LogP contribution in [-0.2, 0) is 23.7 Å². The number of hydrogen-bond donors (Lipinski definition) is 4. The number of carbonyl (C=O) groups excluding carboxylic acids is 2. The van der Waals surface area contributed by atoms with Crippen LogP contribution < -0.4 is 11.1 Å². The van der Waals surface area contributed by atoms with Crippen LogP contribution in [0.2, 0.25) is 0 Å². The molecule has 2 bridgehead atoms. The zero-order chi connectivity index (χ0) is 29.3. The number of methoxy groups -OCH3 is 3. The van der Waals surface area contributed by atoms with E-state index in [1.54, 1.807) is 45.3 Å². The Morgan fingerprint density at radius 2 is 1.79 bits per heavy atom. The number of nitrogens with one attached hydrogen (secondary N) is 1. The summed E-state index contributed by atoms with van der Waals surface area (Å²) in [5.74, 6) is -0.154. The highest BCUT2D eigenvalue weighted by molar-refractivity contribution is 5.94. The van der Waals surface area contributed by atoms with Crippen LogP contribution in [0.3, 0.4) is 0 Å². The molecule has 1 aliphatic carbocycles. The standard InChI is InChI=1S/C29H44N2O8/c1-16-11-20-14-21(15-22(32)27(20)38-7)31-28(34)17(2)9-8-10-23(36-5)26(39-29(30)35)19(4)13-18(3)25(33)24(12-16)37-6/h8-10,13,15-16,18,22-26,32-33H,11-12,14H2,1-7H3,(H2,30,35)(H,31,34)/b10-8-,17-9+,19-13+/t16-,18+,22?,23+,24+,25-,26+/m1/s1. The number of primary amides is 1. The number of nitrogens with two attached hydrogens (primary N) is 1. The van der Waals surface area contributed by atoms with E-state index in [4.69, 9.17) is 24.7 Å². The molecule has 218 valence electrons. The largest absolute Gasteiger partial charge is 0.498 e. The molecule has 2 aliphatic rings.